The molecule has 0 saturated heterocycles. The summed E-state index contributed by atoms with van der Waals surface area (Å²) in [6.45, 7) is 1.86. The molecule has 0 bridgehead atoms. The zero-order valence-electron chi connectivity index (χ0n) is 27.2. The first kappa shape index (κ1) is 40.2. The van der Waals surface area contributed by atoms with Crippen LogP contribution in [-0.4, -0.2) is 66.6 Å². The van der Waals surface area contributed by atoms with E-state index in [9.17, 15) is 37.1 Å². The summed E-state index contributed by atoms with van der Waals surface area (Å²) in [5.41, 5.74) is -0.622. The number of carboxylic acids is 1. The second-order valence-electron chi connectivity index (χ2n) is 11.4. The fourth-order valence-corrected chi connectivity index (χ4v) is 4.94. The summed E-state index contributed by atoms with van der Waals surface area (Å²) in [5.74, 6) is -12.8. The SMILES string of the molecule is COc1ccc(C(NC(=O)C(Cc2ccc(OCC(=O)O)cc2)NC(=O)C(F)(F)c2ccccc2Cl)C(=O)NC(C(=O)C(F)(F)F)C(C)C)cc1. The van der Waals surface area contributed by atoms with Gasteiger partial charge in [0, 0.05) is 12.0 Å². The van der Waals surface area contributed by atoms with E-state index in [4.69, 9.17) is 26.2 Å². The van der Waals surface area contributed by atoms with E-state index in [-0.39, 0.29) is 16.9 Å². The van der Waals surface area contributed by atoms with Crippen molar-refractivity contribution in [2.24, 2.45) is 5.92 Å². The smallest absolute Gasteiger partial charge is 0.452 e. The summed E-state index contributed by atoms with van der Waals surface area (Å²) in [6.07, 6.45) is -5.79. The molecule has 0 aromatic heterocycles. The van der Waals surface area contributed by atoms with Crippen LogP contribution >= 0.6 is 11.6 Å². The third-order valence-corrected chi connectivity index (χ3v) is 7.70. The lowest BCUT2D eigenvalue weighted by molar-refractivity contribution is -0.175. The Morgan fingerprint density at radius 1 is 0.804 bits per heavy atom. The summed E-state index contributed by atoms with van der Waals surface area (Å²) in [5, 5.41) is 14.7. The second kappa shape index (κ2) is 17.1. The highest BCUT2D eigenvalue weighted by Gasteiger charge is 2.46. The van der Waals surface area contributed by atoms with Crippen LogP contribution in [0, 0.1) is 5.92 Å². The van der Waals surface area contributed by atoms with Crippen molar-refractivity contribution in [2.45, 2.75) is 50.5 Å². The van der Waals surface area contributed by atoms with Crippen LogP contribution in [-0.2, 0) is 36.3 Å². The van der Waals surface area contributed by atoms with Crippen molar-refractivity contribution in [3.05, 3.63) is 94.5 Å². The number of hydrogen-bond acceptors (Lipinski definition) is 7. The maximum Gasteiger partial charge on any atom is 0.452 e. The Hall–Kier alpha value is -5.25. The van der Waals surface area contributed by atoms with Crippen molar-refractivity contribution >= 4 is 41.1 Å². The number of carbonyl (C=O) groups is 5. The summed E-state index contributed by atoms with van der Waals surface area (Å²) in [6, 6.07) is 9.62. The van der Waals surface area contributed by atoms with E-state index < -0.39 is 89.2 Å². The monoisotopic (exact) mass is 741 g/mol. The van der Waals surface area contributed by atoms with Crippen molar-refractivity contribution in [1.29, 1.82) is 0 Å². The molecule has 0 radical (unpaired) electrons. The minimum atomic E-state index is -5.31. The molecule has 4 N–H and O–H groups in total. The number of carbonyl (C=O) groups excluding carboxylic acids is 4. The molecule has 0 saturated carbocycles. The van der Waals surface area contributed by atoms with Gasteiger partial charge in [-0.05, 0) is 47.4 Å². The van der Waals surface area contributed by atoms with Gasteiger partial charge in [0.15, 0.2) is 6.61 Å². The average molecular weight is 742 g/mol. The molecule has 17 heteroatoms. The van der Waals surface area contributed by atoms with Gasteiger partial charge in [0.25, 0.3) is 11.7 Å². The van der Waals surface area contributed by atoms with Crippen LogP contribution in [0.2, 0.25) is 5.02 Å². The van der Waals surface area contributed by atoms with Crippen molar-refractivity contribution < 1.29 is 60.5 Å². The number of hydrogen-bond donors (Lipinski definition) is 4. The summed E-state index contributed by atoms with van der Waals surface area (Å²) >= 11 is 5.91. The van der Waals surface area contributed by atoms with E-state index in [0.717, 1.165) is 12.1 Å². The molecule has 0 heterocycles. The number of carboxylic acid groups (broad SMARTS) is 1. The minimum Gasteiger partial charge on any atom is -0.497 e. The Labute approximate surface area is 293 Å². The highest BCUT2D eigenvalue weighted by molar-refractivity contribution is 6.31. The number of rotatable bonds is 16. The third-order valence-electron chi connectivity index (χ3n) is 7.37. The number of methoxy groups -OCH3 is 1. The molecule has 0 aliphatic carbocycles. The van der Waals surface area contributed by atoms with E-state index in [1.807, 2.05) is 10.6 Å². The average Bonchev–Trinajstić information content (AvgIpc) is 3.07. The van der Waals surface area contributed by atoms with E-state index in [1.165, 1.54) is 81.6 Å². The summed E-state index contributed by atoms with van der Waals surface area (Å²) in [4.78, 5) is 63.5. The van der Waals surface area contributed by atoms with E-state index in [0.29, 0.717) is 5.75 Å². The van der Waals surface area contributed by atoms with Crippen LogP contribution in [0.25, 0.3) is 0 Å². The predicted molar refractivity (Wildman–Crippen MR) is 172 cm³/mol. The first-order valence-corrected chi connectivity index (χ1v) is 15.5. The van der Waals surface area contributed by atoms with E-state index in [1.54, 1.807) is 0 Å². The Bertz CT molecular complexity index is 1720. The van der Waals surface area contributed by atoms with Crippen LogP contribution in [0.3, 0.4) is 0 Å². The van der Waals surface area contributed by atoms with E-state index >= 15 is 8.78 Å². The van der Waals surface area contributed by atoms with Gasteiger partial charge in [0.1, 0.15) is 23.6 Å². The molecule has 51 heavy (non-hydrogen) atoms. The normalized spacial score (nSPS) is 13.4. The van der Waals surface area contributed by atoms with Gasteiger partial charge < -0.3 is 30.5 Å². The lowest BCUT2D eigenvalue weighted by atomic mass is 9.97. The number of ketones is 1. The van der Waals surface area contributed by atoms with Crippen LogP contribution < -0.4 is 25.4 Å². The highest BCUT2D eigenvalue weighted by Crippen LogP contribution is 2.34. The first-order chi connectivity index (χ1) is 23.8. The van der Waals surface area contributed by atoms with Gasteiger partial charge in [-0.15, -0.1) is 0 Å². The maximum atomic E-state index is 15.4. The predicted octanol–water partition coefficient (Wildman–Crippen LogP) is 4.76. The number of Topliss-reactive ketones (excluding diaryl/α,β-unsaturated/α-hetero) is 1. The van der Waals surface area contributed by atoms with Crippen molar-refractivity contribution in [1.82, 2.24) is 16.0 Å². The van der Waals surface area contributed by atoms with Gasteiger partial charge in [0.2, 0.25) is 11.8 Å². The van der Waals surface area contributed by atoms with E-state index in [2.05, 4.69) is 5.32 Å². The number of alkyl halides is 5. The maximum absolute atomic E-state index is 15.4. The number of amides is 3. The van der Waals surface area contributed by atoms with Gasteiger partial charge >= 0.3 is 18.1 Å². The van der Waals surface area contributed by atoms with Crippen molar-refractivity contribution in [2.75, 3.05) is 13.7 Å². The molecule has 3 unspecified atom stereocenters. The molecule has 0 spiro atoms. The Kier molecular flexibility index (Phi) is 13.5. The van der Waals surface area contributed by atoms with Crippen LogP contribution in [0.1, 0.15) is 36.6 Å². The second-order valence-corrected chi connectivity index (χ2v) is 11.8. The van der Waals surface area contributed by atoms with Crippen LogP contribution in [0.5, 0.6) is 11.5 Å². The first-order valence-electron chi connectivity index (χ1n) is 15.1. The molecule has 3 atom stereocenters. The number of benzene rings is 3. The Morgan fingerprint density at radius 3 is 1.92 bits per heavy atom. The topological polar surface area (TPSA) is 160 Å². The van der Waals surface area contributed by atoms with Gasteiger partial charge in [0.05, 0.1) is 18.2 Å². The minimum absolute atomic E-state index is 0.00461. The molecule has 0 fully saturated rings. The van der Waals surface area contributed by atoms with Gasteiger partial charge in [-0.1, -0.05) is 67.9 Å². The van der Waals surface area contributed by atoms with Crippen LogP contribution in [0.4, 0.5) is 22.0 Å². The molecular weight excluding hydrogens is 709 g/mol. The third kappa shape index (κ3) is 10.9. The number of halogens is 6. The zero-order valence-corrected chi connectivity index (χ0v) is 28.0. The van der Waals surface area contributed by atoms with Gasteiger partial charge in [-0.25, -0.2) is 4.79 Å². The van der Waals surface area contributed by atoms with Gasteiger partial charge in [-0.2, -0.15) is 22.0 Å². The molecule has 0 aliphatic heterocycles. The molecule has 3 aromatic carbocycles. The largest absolute Gasteiger partial charge is 0.497 e. The molecule has 3 aromatic rings. The highest BCUT2D eigenvalue weighted by atomic mass is 35.5. The summed E-state index contributed by atoms with van der Waals surface area (Å²) in [7, 11) is 1.34. The Morgan fingerprint density at radius 2 is 1.39 bits per heavy atom. The molecule has 3 amide bonds. The molecule has 274 valence electrons. The summed E-state index contributed by atoms with van der Waals surface area (Å²) < 4.78 is 81.1. The lowest BCUT2D eigenvalue weighted by Gasteiger charge is -2.28. The quantitative estimate of drug-likeness (QED) is 0.153. The fraction of sp³-hybridized carbons (Fsp3) is 0.324. The molecule has 0 aliphatic rings. The van der Waals surface area contributed by atoms with Crippen molar-refractivity contribution in [3.8, 4) is 11.5 Å². The molecule has 11 nitrogen and oxygen atoms in total. The van der Waals surface area contributed by atoms with Crippen LogP contribution in [0.15, 0.2) is 72.8 Å². The van der Waals surface area contributed by atoms with Crippen molar-refractivity contribution in [3.63, 3.8) is 0 Å². The lowest BCUT2D eigenvalue weighted by Crippen LogP contribution is -2.56. The molecule has 3 rings (SSSR count). The number of aliphatic carboxylic acids is 1. The van der Waals surface area contributed by atoms with Gasteiger partial charge in [-0.3, -0.25) is 19.2 Å². The fourth-order valence-electron chi connectivity index (χ4n) is 4.69. The molecular formula is C34H33ClF5N3O8. The Balaban J connectivity index is 2.01. The zero-order chi connectivity index (χ0) is 38.1. The standard InChI is InChI=1S/C34H33ClF5N3O8/c1-18(2)27(29(46)34(38,39)40)42-31(48)28(20-10-14-21(50-3)15-11-20)43-30(47)25(16-19-8-12-22(13-9-19)51-17-26(44)45)41-32(49)33(36,37)23-6-4-5-7-24(23)35/h4-15,18,25,27-28H,16-17H2,1-3H3,(H,41,49)(H,42,48)(H,43,47)(H,44,45). The number of nitrogens with one attached hydrogen (secondary N) is 3. The number of ether oxygens (including phenoxy) is 2.